The third kappa shape index (κ3) is 3.79. The predicted molar refractivity (Wildman–Crippen MR) is 77.9 cm³/mol. The summed E-state index contributed by atoms with van der Waals surface area (Å²) in [5.74, 6) is 1.11. The zero-order chi connectivity index (χ0) is 13.7. The van der Waals surface area contributed by atoms with Crippen LogP contribution in [0.15, 0.2) is 30.5 Å². The second-order valence-electron chi connectivity index (χ2n) is 4.22. The smallest absolute Gasteiger partial charge is 0.249 e. The van der Waals surface area contributed by atoms with E-state index in [1.165, 1.54) is 0 Å². The van der Waals surface area contributed by atoms with Crippen molar-refractivity contribution in [2.24, 2.45) is 0 Å². The molecule has 0 bridgehead atoms. The lowest BCUT2D eigenvalue weighted by Crippen LogP contribution is -2.15. The quantitative estimate of drug-likeness (QED) is 0.876. The molecule has 0 radical (unpaired) electrons. The average molecular weight is 278 g/mol. The van der Waals surface area contributed by atoms with Crippen LogP contribution in [0.2, 0.25) is 5.02 Å². The molecule has 0 aliphatic rings. The highest BCUT2D eigenvalue weighted by Gasteiger charge is 2.05. The van der Waals surface area contributed by atoms with Crippen molar-refractivity contribution in [2.45, 2.75) is 26.3 Å². The van der Waals surface area contributed by atoms with E-state index in [2.05, 4.69) is 39.7 Å². The van der Waals surface area contributed by atoms with Gasteiger partial charge in [-0.3, -0.25) is 0 Å². The van der Waals surface area contributed by atoms with E-state index in [1.54, 1.807) is 12.3 Å². The minimum Gasteiger partial charge on any atom is -0.366 e. The van der Waals surface area contributed by atoms with Crippen molar-refractivity contribution in [1.82, 2.24) is 15.2 Å². The Bertz CT molecular complexity index is 546. The monoisotopic (exact) mass is 277 g/mol. The van der Waals surface area contributed by atoms with Crippen LogP contribution in [0.25, 0.3) is 0 Å². The first kappa shape index (κ1) is 13.5. The van der Waals surface area contributed by atoms with Crippen molar-refractivity contribution in [3.8, 4) is 0 Å². The van der Waals surface area contributed by atoms with Crippen LogP contribution in [0.5, 0.6) is 0 Å². The maximum absolute atomic E-state index is 6.07. The van der Waals surface area contributed by atoms with Crippen molar-refractivity contribution in [2.75, 3.05) is 10.6 Å². The van der Waals surface area contributed by atoms with Crippen LogP contribution >= 0.6 is 11.6 Å². The molecule has 1 heterocycles. The van der Waals surface area contributed by atoms with Gasteiger partial charge in [-0.15, -0.1) is 5.10 Å². The van der Waals surface area contributed by atoms with Gasteiger partial charge in [-0.05, 0) is 25.5 Å². The van der Waals surface area contributed by atoms with Gasteiger partial charge in [0.25, 0.3) is 0 Å². The molecule has 6 heteroatoms. The second-order valence-corrected chi connectivity index (χ2v) is 4.63. The van der Waals surface area contributed by atoms with E-state index in [9.17, 15) is 0 Å². The van der Waals surface area contributed by atoms with Gasteiger partial charge in [-0.1, -0.05) is 30.7 Å². The Labute approximate surface area is 117 Å². The first-order valence-electron chi connectivity index (χ1n) is 6.17. The van der Waals surface area contributed by atoms with Crippen molar-refractivity contribution in [3.63, 3.8) is 0 Å². The highest BCUT2D eigenvalue weighted by atomic mass is 35.5. The lowest BCUT2D eigenvalue weighted by molar-refractivity contribution is 0.755. The van der Waals surface area contributed by atoms with Crippen molar-refractivity contribution >= 4 is 29.1 Å². The number of rotatable bonds is 5. The normalized spacial score (nSPS) is 11.9. The first-order valence-corrected chi connectivity index (χ1v) is 6.54. The standard InChI is InChI=1S/C13H16ClN5/c1-3-9(2)16-12-8-15-19-13(18-12)17-11-7-5-4-6-10(11)14/h4-9H,3H2,1-2H3,(H2,16,17,18,19). The number of aromatic nitrogens is 3. The number of benzene rings is 1. The Morgan fingerprint density at radius 2 is 2.11 bits per heavy atom. The zero-order valence-electron chi connectivity index (χ0n) is 10.9. The van der Waals surface area contributed by atoms with Gasteiger partial charge in [0.15, 0.2) is 5.82 Å². The first-order chi connectivity index (χ1) is 9.19. The number of halogens is 1. The molecule has 2 N–H and O–H groups in total. The lowest BCUT2D eigenvalue weighted by Gasteiger charge is -2.12. The minimum absolute atomic E-state index is 0.338. The molecule has 1 atom stereocenters. The fraction of sp³-hybridized carbons (Fsp3) is 0.308. The van der Waals surface area contributed by atoms with Crippen LogP contribution in [0.3, 0.4) is 0 Å². The molecule has 0 spiro atoms. The van der Waals surface area contributed by atoms with Gasteiger partial charge in [0.05, 0.1) is 16.9 Å². The topological polar surface area (TPSA) is 62.7 Å². The molecule has 5 nitrogen and oxygen atoms in total. The molecule has 1 aromatic heterocycles. The zero-order valence-corrected chi connectivity index (χ0v) is 11.6. The van der Waals surface area contributed by atoms with E-state index in [4.69, 9.17) is 11.6 Å². The average Bonchev–Trinajstić information content (AvgIpc) is 2.42. The molecule has 0 fully saturated rings. The number of nitrogens with zero attached hydrogens (tertiary/aromatic N) is 3. The van der Waals surface area contributed by atoms with Crippen LogP contribution in [0.4, 0.5) is 17.5 Å². The largest absolute Gasteiger partial charge is 0.366 e. The maximum Gasteiger partial charge on any atom is 0.249 e. The summed E-state index contributed by atoms with van der Waals surface area (Å²) in [4.78, 5) is 4.34. The summed E-state index contributed by atoms with van der Waals surface area (Å²) >= 11 is 6.07. The highest BCUT2D eigenvalue weighted by Crippen LogP contribution is 2.23. The molecular formula is C13H16ClN5. The van der Waals surface area contributed by atoms with E-state index in [-0.39, 0.29) is 0 Å². The van der Waals surface area contributed by atoms with E-state index in [1.807, 2.05) is 18.2 Å². The molecule has 1 unspecified atom stereocenters. The molecular weight excluding hydrogens is 262 g/mol. The maximum atomic E-state index is 6.07. The summed E-state index contributed by atoms with van der Waals surface area (Å²) in [5, 5.41) is 14.8. The number of anilines is 3. The molecule has 0 saturated heterocycles. The molecule has 0 aliphatic heterocycles. The Hall–Kier alpha value is -1.88. The van der Waals surface area contributed by atoms with Crippen LogP contribution < -0.4 is 10.6 Å². The van der Waals surface area contributed by atoms with Gasteiger partial charge in [-0.25, -0.2) is 0 Å². The lowest BCUT2D eigenvalue weighted by atomic mass is 10.3. The molecule has 19 heavy (non-hydrogen) atoms. The minimum atomic E-state index is 0.338. The predicted octanol–water partition coefficient (Wildman–Crippen LogP) is 3.48. The van der Waals surface area contributed by atoms with Gasteiger partial charge in [0.2, 0.25) is 5.95 Å². The molecule has 0 amide bonds. The van der Waals surface area contributed by atoms with Gasteiger partial charge < -0.3 is 10.6 Å². The Morgan fingerprint density at radius 3 is 2.84 bits per heavy atom. The molecule has 2 rings (SSSR count). The Balaban J connectivity index is 2.13. The van der Waals surface area contributed by atoms with E-state index in [0.717, 1.165) is 12.1 Å². The molecule has 2 aromatic rings. The summed E-state index contributed by atoms with van der Waals surface area (Å²) in [7, 11) is 0. The van der Waals surface area contributed by atoms with Crippen molar-refractivity contribution < 1.29 is 0 Å². The van der Waals surface area contributed by atoms with Gasteiger partial charge in [0.1, 0.15) is 0 Å². The summed E-state index contributed by atoms with van der Waals surface area (Å²) in [6, 6.07) is 7.76. The second kappa shape index (κ2) is 6.33. The summed E-state index contributed by atoms with van der Waals surface area (Å²) in [6.07, 6.45) is 2.61. The van der Waals surface area contributed by atoms with E-state index in [0.29, 0.717) is 22.8 Å². The number of hydrogen-bond acceptors (Lipinski definition) is 5. The number of nitrogens with one attached hydrogen (secondary N) is 2. The van der Waals surface area contributed by atoms with E-state index >= 15 is 0 Å². The van der Waals surface area contributed by atoms with Crippen molar-refractivity contribution in [1.29, 1.82) is 0 Å². The van der Waals surface area contributed by atoms with Gasteiger partial charge in [0, 0.05) is 6.04 Å². The van der Waals surface area contributed by atoms with Crippen LogP contribution in [0.1, 0.15) is 20.3 Å². The molecule has 1 aromatic carbocycles. The number of para-hydroxylation sites is 1. The summed E-state index contributed by atoms with van der Waals surface area (Å²) in [5.41, 5.74) is 0.756. The number of hydrogen-bond donors (Lipinski definition) is 2. The van der Waals surface area contributed by atoms with Crippen LogP contribution in [-0.4, -0.2) is 21.2 Å². The van der Waals surface area contributed by atoms with Gasteiger partial charge >= 0.3 is 0 Å². The van der Waals surface area contributed by atoms with Crippen molar-refractivity contribution in [3.05, 3.63) is 35.5 Å². The Morgan fingerprint density at radius 1 is 1.32 bits per heavy atom. The summed E-state index contributed by atoms with van der Waals surface area (Å²) < 4.78 is 0. The third-order valence-corrected chi connectivity index (χ3v) is 3.02. The SMILES string of the molecule is CCC(C)Nc1cnnc(Nc2ccccc2Cl)n1. The van der Waals surface area contributed by atoms with E-state index < -0.39 is 0 Å². The Kier molecular flexibility index (Phi) is 4.52. The fourth-order valence-electron chi connectivity index (χ4n) is 1.46. The highest BCUT2D eigenvalue weighted by molar-refractivity contribution is 6.33. The van der Waals surface area contributed by atoms with Crippen LogP contribution in [-0.2, 0) is 0 Å². The van der Waals surface area contributed by atoms with Crippen LogP contribution in [0, 0.1) is 0 Å². The molecule has 100 valence electrons. The molecule has 0 saturated carbocycles. The third-order valence-electron chi connectivity index (χ3n) is 2.69. The molecule has 0 aliphatic carbocycles. The van der Waals surface area contributed by atoms with Gasteiger partial charge in [-0.2, -0.15) is 10.1 Å². The fourth-order valence-corrected chi connectivity index (χ4v) is 1.65. The summed E-state index contributed by atoms with van der Waals surface area (Å²) in [6.45, 7) is 4.19.